The minimum absolute atomic E-state index is 0.0117. The first-order valence-electron chi connectivity index (χ1n) is 9.50. The van der Waals surface area contributed by atoms with E-state index in [9.17, 15) is 13.2 Å². The SMILES string of the molecule is O=C(C[NH+]1CCc2ccccc2C1)N(c1ccccc1)[C@H]1CCS(=O)(=O)C1. The Kier molecular flexibility index (Phi) is 5.02. The molecule has 1 unspecified atom stereocenters. The average Bonchev–Trinajstić information content (AvgIpc) is 3.02. The zero-order valence-corrected chi connectivity index (χ0v) is 16.1. The molecule has 0 bridgehead atoms. The molecule has 4 rings (SSSR count). The molecular formula is C21H25N2O3S+. The number of para-hydroxylation sites is 1. The summed E-state index contributed by atoms with van der Waals surface area (Å²) in [6.45, 7) is 2.15. The monoisotopic (exact) mass is 385 g/mol. The van der Waals surface area contributed by atoms with Crippen LogP contribution in [0, 0.1) is 0 Å². The summed E-state index contributed by atoms with van der Waals surface area (Å²) < 4.78 is 24.0. The molecule has 1 saturated heterocycles. The van der Waals surface area contributed by atoms with Gasteiger partial charge in [-0.3, -0.25) is 4.79 Å². The number of sulfone groups is 1. The number of carbonyl (C=O) groups is 1. The summed E-state index contributed by atoms with van der Waals surface area (Å²) in [5.74, 6) is 0.238. The first-order chi connectivity index (χ1) is 13.0. The Balaban J connectivity index is 1.53. The number of rotatable bonds is 4. The summed E-state index contributed by atoms with van der Waals surface area (Å²) >= 11 is 0. The van der Waals surface area contributed by atoms with E-state index in [1.807, 2.05) is 36.4 Å². The molecule has 2 atom stereocenters. The number of hydrogen-bond donors (Lipinski definition) is 1. The maximum Gasteiger partial charge on any atom is 0.282 e. The van der Waals surface area contributed by atoms with Gasteiger partial charge in [0.2, 0.25) is 0 Å². The molecule has 1 N–H and O–H groups in total. The highest BCUT2D eigenvalue weighted by molar-refractivity contribution is 7.91. The normalized spacial score (nSPS) is 23.6. The van der Waals surface area contributed by atoms with Crippen molar-refractivity contribution in [1.82, 2.24) is 0 Å². The average molecular weight is 386 g/mol. The molecule has 2 aliphatic rings. The number of anilines is 1. The minimum Gasteiger partial charge on any atom is -0.323 e. The van der Waals surface area contributed by atoms with Gasteiger partial charge < -0.3 is 9.80 Å². The van der Waals surface area contributed by atoms with Gasteiger partial charge in [-0.25, -0.2) is 8.42 Å². The van der Waals surface area contributed by atoms with Crippen molar-refractivity contribution in [2.75, 3.05) is 29.5 Å². The third kappa shape index (κ3) is 4.06. The number of benzene rings is 2. The maximum atomic E-state index is 13.2. The second kappa shape index (κ2) is 7.44. The van der Waals surface area contributed by atoms with E-state index in [0.29, 0.717) is 13.0 Å². The van der Waals surface area contributed by atoms with Gasteiger partial charge in [0.05, 0.1) is 24.1 Å². The fourth-order valence-corrected chi connectivity index (χ4v) is 5.92. The number of amides is 1. The molecule has 2 aliphatic heterocycles. The zero-order valence-electron chi connectivity index (χ0n) is 15.3. The van der Waals surface area contributed by atoms with Crippen molar-refractivity contribution in [1.29, 1.82) is 0 Å². The van der Waals surface area contributed by atoms with E-state index in [2.05, 4.69) is 18.2 Å². The fraction of sp³-hybridized carbons (Fsp3) is 0.381. The minimum atomic E-state index is -3.06. The van der Waals surface area contributed by atoms with Crippen molar-refractivity contribution >= 4 is 21.4 Å². The summed E-state index contributed by atoms with van der Waals surface area (Å²) in [5.41, 5.74) is 3.47. The van der Waals surface area contributed by atoms with Crippen LogP contribution in [-0.4, -0.2) is 45.0 Å². The van der Waals surface area contributed by atoms with E-state index in [-0.39, 0.29) is 23.5 Å². The van der Waals surface area contributed by atoms with Gasteiger partial charge in [-0.15, -0.1) is 0 Å². The van der Waals surface area contributed by atoms with Gasteiger partial charge in [-0.05, 0) is 24.1 Å². The van der Waals surface area contributed by atoms with E-state index >= 15 is 0 Å². The van der Waals surface area contributed by atoms with Crippen LogP contribution in [-0.2, 0) is 27.6 Å². The van der Waals surface area contributed by atoms with Crippen molar-refractivity contribution in [2.24, 2.45) is 0 Å². The molecule has 1 fully saturated rings. The second-order valence-electron chi connectivity index (χ2n) is 7.53. The molecule has 6 heteroatoms. The van der Waals surface area contributed by atoms with Crippen molar-refractivity contribution in [3.8, 4) is 0 Å². The largest absolute Gasteiger partial charge is 0.323 e. The number of carbonyl (C=O) groups excluding carboxylic acids is 1. The number of hydrogen-bond acceptors (Lipinski definition) is 3. The predicted octanol–water partition coefficient (Wildman–Crippen LogP) is 0.848. The quantitative estimate of drug-likeness (QED) is 0.849. The zero-order chi connectivity index (χ0) is 18.9. The van der Waals surface area contributed by atoms with E-state index < -0.39 is 9.84 Å². The van der Waals surface area contributed by atoms with Gasteiger partial charge >= 0.3 is 0 Å². The van der Waals surface area contributed by atoms with Crippen LogP contribution >= 0.6 is 0 Å². The number of fused-ring (bicyclic) bond motifs is 1. The highest BCUT2D eigenvalue weighted by Crippen LogP contribution is 2.24. The fourth-order valence-electron chi connectivity index (χ4n) is 4.22. The molecule has 0 aliphatic carbocycles. The molecule has 142 valence electrons. The van der Waals surface area contributed by atoms with E-state index in [4.69, 9.17) is 0 Å². The van der Waals surface area contributed by atoms with Crippen LogP contribution in [0.25, 0.3) is 0 Å². The molecule has 1 amide bonds. The molecule has 0 saturated carbocycles. The van der Waals surface area contributed by atoms with Crippen LogP contribution in [0.4, 0.5) is 5.69 Å². The van der Waals surface area contributed by atoms with Crippen LogP contribution in [0.5, 0.6) is 0 Å². The molecule has 0 aromatic heterocycles. The summed E-state index contributed by atoms with van der Waals surface area (Å²) in [6, 6.07) is 17.6. The van der Waals surface area contributed by atoms with Gasteiger partial charge in [0.15, 0.2) is 16.4 Å². The Morgan fingerprint density at radius 2 is 1.74 bits per heavy atom. The lowest BCUT2D eigenvalue weighted by atomic mass is 10.00. The summed E-state index contributed by atoms with van der Waals surface area (Å²) in [6.07, 6.45) is 1.49. The molecule has 2 heterocycles. The molecule has 2 aromatic carbocycles. The Morgan fingerprint density at radius 3 is 2.44 bits per heavy atom. The molecule has 0 spiro atoms. The molecule has 0 radical (unpaired) electrons. The Morgan fingerprint density at radius 1 is 1.04 bits per heavy atom. The highest BCUT2D eigenvalue weighted by Gasteiger charge is 2.37. The third-order valence-electron chi connectivity index (χ3n) is 5.58. The van der Waals surface area contributed by atoms with Crippen molar-refractivity contribution in [2.45, 2.75) is 25.4 Å². The first kappa shape index (κ1) is 18.2. The summed E-state index contributed by atoms with van der Waals surface area (Å²) in [4.78, 5) is 16.2. The van der Waals surface area contributed by atoms with Crippen LogP contribution in [0.1, 0.15) is 17.5 Å². The molecular weight excluding hydrogens is 360 g/mol. The summed E-state index contributed by atoms with van der Waals surface area (Å²) in [5, 5.41) is 0. The van der Waals surface area contributed by atoms with Crippen molar-refractivity contribution in [3.05, 3.63) is 65.7 Å². The van der Waals surface area contributed by atoms with Crippen molar-refractivity contribution in [3.63, 3.8) is 0 Å². The molecule has 2 aromatic rings. The maximum absolute atomic E-state index is 13.2. The van der Waals surface area contributed by atoms with Crippen LogP contribution in [0.15, 0.2) is 54.6 Å². The summed E-state index contributed by atoms with van der Waals surface area (Å²) in [7, 11) is -3.06. The van der Waals surface area contributed by atoms with Gasteiger partial charge in [-0.1, -0.05) is 42.5 Å². The molecule has 27 heavy (non-hydrogen) atoms. The first-order valence-corrected chi connectivity index (χ1v) is 11.3. The lowest BCUT2D eigenvalue weighted by Crippen LogP contribution is -3.13. The predicted molar refractivity (Wildman–Crippen MR) is 106 cm³/mol. The van der Waals surface area contributed by atoms with Crippen molar-refractivity contribution < 1.29 is 18.1 Å². The Hall–Kier alpha value is -2.18. The van der Waals surface area contributed by atoms with Gasteiger partial charge in [0.25, 0.3) is 5.91 Å². The van der Waals surface area contributed by atoms with Crippen LogP contribution < -0.4 is 9.80 Å². The lowest BCUT2D eigenvalue weighted by molar-refractivity contribution is -0.907. The van der Waals surface area contributed by atoms with Gasteiger partial charge in [0.1, 0.15) is 6.54 Å². The van der Waals surface area contributed by atoms with Crippen LogP contribution in [0.3, 0.4) is 0 Å². The van der Waals surface area contributed by atoms with Gasteiger partial charge in [-0.2, -0.15) is 0 Å². The Bertz CT molecular complexity index is 927. The third-order valence-corrected chi connectivity index (χ3v) is 7.33. The smallest absolute Gasteiger partial charge is 0.282 e. The van der Waals surface area contributed by atoms with E-state index in [0.717, 1.165) is 25.2 Å². The topological polar surface area (TPSA) is 58.9 Å². The van der Waals surface area contributed by atoms with E-state index in [1.165, 1.54) is 16.0 Å². The van der Waals surface area contributed by atoms with E-state index in [1.54, 1.807) is 4.90 Å². The number of nitrogens with one attached hydrogen (secondary N) is 1. The standard InChI is InChI=1S/C21H24N2O3S/c24-21(15-22-12-10-17-6-4-5-7-18(17)14-22)23(19-8-2-1-3-9-19)20-11-13-27(25,26)16-20/h1-9,20H,10-16H2/p+1/t20-/m0/s1. The van der Waals surface area contributed by atoms with Crippen LogP contribution in [0.2, 0.25) is 0 Å². The highest BCUT2D eigenvalue weighted by atomic mass is 32.2. The molecule has 5 nitrogen and oxygen atoms in total. The number of nitrogens with zero attached hydrogens (tertiary/aromatic N) is 1. The second-order valence-corrected chi connectivity index (χ2v) is 9.76. The Labute approximate surface area is 160 Å². The van der Waals surface area contributed by atoms with Gasteiger partial charge in [0, 0.05) is 17.7 Å². The number of quaternary nitrogens is 1. The lowest BCUT2D eigenvalue weighted by Gasteiger charge is -2.31.